The summed E-state index contributed by atoms with van der Waals surface area (Å²) < 4.78 is 36.6. The Morgan fingerprint density at radius 1 is 0.500 bits per heavy atom. The van der Waals surface area contributed by atoms with Crippen LogP contribution in [0.1, 0.15) is 0 Å². The van der Waals surface area contributed by atoms with Crippen molar-refractivity contribution in [3.63, 3.8) is 0 Å². The first-order valence-corrected chi connectivity index (χ1v) is 16.3. The first-order valence-electron chi connectivity index (χ1n) is 14.6. The van der Waals surface area contributed by atoms with E-state index >= 15 is 0 Å². The monoisotopic (exact) mass is 698 g/mol. The fraction of sp³-hybridized carbons (Fsp3) is 0.0294. The second-order valence-electron chi connectivity index (χ2n) is 10.8. The van der Waals surface area contributed by atoms with E-state index in [1.165, 1.54) is 0 Å². The number of fused-ring (bicyclic) bond motifs is 20. The third-order valence-corrected chi connectivity index (χ3v) is 8.66. The Balaban J connectivity index is 0.000000377. The number of H-pyrrole nitrogens is 2. The normalized spacial score (nSPS) is 11.8. The fourth-order valence-corrected chi connectivity index (χ4v) is 6.19. The van der Waals surface area contributed by atoms with Crippen LogP contribution in [0.5, 0.6) is 0 Å². The Morgan fingerprint density at radius 2 is 0.771 bits per heavy atom. The second kappa shape index (κ2) is 11.4. The molecule has 3 aromatic heterocycles. The van der Waals surface area contributed by atoms with Crippen LogP contribution < -0.4 is 0 Å². The minimum atomic E-state index is -4.81. The Morgan fingerprint density at radius 3 is 1.00 bits per heavy atom. The molecule has 2 aliphatic rings. The maximum Gasteiger partial charge on any atom is 0.164 e. The molecule has 2 aliphatic heterocycles. The summed E-state index contributed by atoms with van der Waals surface area (Å²) in [6.07, 6.45) is -4.81. The molecule has 0 amide bonds. The number of aromatic nitrogens is 8. The number of alkyl halides is 3. The van der Waals surface area contributed by atoms with Gasteiger partial charge in [0.05, 0.1) is 0 Å². The fourth-order valence-electron chi connectivity index (χ4n) is 5.71. The summed E-state index contributed by atoms with van der Waals surface area (Å²) in [6.45, 7) is 0. The van der Waals surface area contributed by atoms with Crippen LogP contribution in [0, 0.1) is 0 Å². The largest absolute Gasteiger partial charge is 0.324 e. The molecule has 4 aromatic carbocycles. The van der Waals surface area contributed by atoms with Gasteiger partial charge in [-0.15, -0.1) is 0 Å². The standard InChI is InChI=1S/C32H18N8.C2HF3O2.Ga.2H/c1-2-10-18-17(9-1)25-33-26(18)38-28-21-13-5-6-14-22(21)30(35-28)40-32-24-16-8-7-15-23(24)31(36-32)39-29-20-12-4-3-11-19(20)27(34-29)37-25;3-2(4,5)1(6)7;;;/h1-16H,(H2,33,34,35,36,37,38,39,40);(H,6,7);;;/q;;+1;;/p-1. The Labute approximate surface area is 278 Å². The van der Waals surface area contributed by atoms with Crippen molar-refractivity contribution in [2.45, 2.75) is 6.18 Å². The zero-order valence-electron chi connectivity index (χ0n) is 24.9. The molecule has 232 valence electrons. The molecule has 0 unspecified atom stereocenters. The van der Waals surface area contributed by atoms with Crippen molar-refractivity contribution < 1.29 is 21.5 Å². The molecule has 0 radical (unpaired) electrons. The molecular formula is C34H20F3GaN8O2. The average molecular weight is 699 g/mol. The molecular weight excluding hydrogens is 679 g/mol. The van der Waals surface area contributed by atoms with Crippen LogP contribution in [0.4, 0.5) is 13.2 Å². The van der Waals surface area contributed by atoms with Crippen LogP contribution in [0.15, 0.2) is 97.1 Å². The van der Waals surface area contributed by atoms with Crippen LogP contribution >= 0.6 is 0 Å². The summed E-state index contributed by atoms with van der Waals surface area (Å²) >= 11 is -0.528. The molecule has 0 fully saturated rings. The molecule has 8 bridgehead atoms. The van der Waals surface area contributed by atoms with Gasteiger partial charge < -0.3 is 9.97 Å². The number of hydrogen-bond acceptors (Lipinski definition) is 8. The number of rotatable bonds is 0. The third-order valence-electron chi connectivity index (χ3n) is 7.88. The Bertz CT molecular complexity index is 2280. The van der Waals surface area contributed by atoms with Crippen LogP contribution in [-0.2, 0) is 8.32 Å². The van der Waals surface area contributed by atoms with Crippen molar-refractivity contribution in [1.82, 2.24) is 39.9 Å². The van der Waals surface area contributed by atoms with Crippen LogP contribution in [0.2, 0.25) is 0 Å². The average Bonchev–Trinajstić information content (AvgIpc) is 3.83. The summed E-state index contributed by atoms with van der Waals surface area (Å²) in [7, 11) is 0. The van der Waals surface area contributed by atoms with Gasteiger partial charge in [-0.1, -0.05) is 97.1 Å². The van der Waals surface area contributed by atoms with E-state index in [9.17, 15) is 18.0 Å². The molecule has 0 aliphatic carbocycles. The molecule has 9 rings (SSSR count). The van der Waals surface area contributed by atoms with Crippen molar-refractivity contribution in [3.8, 4) is 45.6 Å². The number of aromatic amines is 2. The van der Waals surface area contributed by atoms with Crippen molar-refractivity contribution in [1.29, 1.82) is 0 Å². The molecule has 5 heterocycles. The zero-order chi connectivity index (χ0) is 33.0. The van der Waals surface area contributed by atoms with Crippen LogP contribution in [-0.4, -0.2) is 71.0 Å². The van der Waals surface area contributed by atoms with Crippen molar-refractivity contribution in [2.75, 3.05) is 0 Å². The molecule has 7 aromatic rings. The number of carbonyl (C=O) groups excluding carboxylic acids is 1. The van der Waals surface area contributed by atoms with E-state index in [1.54, 1.807) is 0 Å². The maximum atomic E-state index is 11.0. The van der Waals surface area contributed by atoms with Crippen molar-refractivity contribution in [3.05, 3.63) is 97.1 Å². The van der Waals surface area contributed by atoms with Gasteiger partial charge in [-0.3, -0.25) is 0 Å². The SMILES string of the molecule is O=C([O][GaH2])C(F)(F)F.c1ccc2c(c1)-c1nc-2nc2[nH]c(nc3nc(nc4[nH]c(n1)c1ccccc41)-c1ccccc1-3)c1ccccc21. The Hall–Kier alpha value is -5.86. The summed E-state index contributed by atoms with van der Waals surface area (Å²) in [5.74, 6) is 0.303. The van der Waals surface area contributed by atoms with E-state index in [-0.39, 0.29) is 0 Å². The quantitative estimate of drug-likeness (QED) is 0.171. The van der Waals surface area contributed by atoms with Gasteiger partial charge in [0, 0.05) is 43.8 Å². The first kappa shape index (κ1) is 29.5. The summed E-state index contributed by atoms with van der Waals surface area (Å²) in [5, 5.41) is 3.82. The van der Waals surface area contributed by atoms with Gasteiger partial charge in [0.25, 0.3) is 0 Å². The molecule has 0 atom stereocenters. The molecule has 0 spiro atoms. The number of hydrogen-bond donors (Lipinski definition) is 2. The number of nitrogens with one attached hydrogen (secondary N) is 2. The minimum Gasteiger partial charge on any atom is -0.324 e. The molecule has 0 saturated carbocycles. The second-order valence-corrected chi connectivity index (χ2v) is 11.6. The van der Waals surface area contributed by atoms with Crippen molar-refractivity contribution in [2.24, 2.45) is 0 Å². The molecule has 10 nitrogen and oxygen atoms in total. The summed E-state index contributed by atoms with van der Waals surface area (Å²) in [5.41, 5.74) is 6.45. The molecule has 2 N–H and O–H groups in total. The van der Waals surface area contributed by atoms with Gasteiger partial charge >= 0.3 is 52.6 Å². The predicted octanol–water partition coefficient (Wildman–Crippen LogP) is 6.51. The van der Waals surface area contributed by atoms with Crippen molar-refractivity contribution >= 4 is 69.1 Å². The van der Waals surface area contributed by atoms with Gasteiger partial charge in [0.15, 0.2) is 23.3 Å². The number of nitrogens with zero attached hydrogens (tertiary/aromatic N) is 6. The molecule has 48 heavy (non-hydrogen) atoms. The van der Waals surface area contributed by atoms with Gasteiger partial charge in [0.2, 0.25) is 0 Å². The number of benzene rings is 4. The minimum absolute atomic E-state index is 0.528. The smallest absolute Gasteiger partial charge is 0.164 e. The maximum absolute atomic E-state index is 11.0. The van der Waals surface area contributed by atoms with E-state index in [1.807, 2.05) is 97.1 Å². The van der Waals surface area contributed by atoms with Gasteiger partial charge in [-0.25, -0.2) is 29.9 Å². The van der Waals surface area contributed by atoms with Crippen LogP contribution in [0.3, 0.4) is 0 Å². The van der Waals surface area contributed by atoms with E-state index < -0.39 is 31.1 Å². The van der Waals surface area contributed by atoms with Crippen LogP contribution in [0.25, 0.3) is 89.7 Å². The van der Waals surface area contributed by atoms with E-state index in [4.69, 9.17) is 29.9 Å². The third kappa shape index (κ3) is 5.07. The molecule has 14 heteroatoms. The summed E-state index contributed by atoms with van der Waals surface area (Å²) in [4.78, 5) is 46.3. The van der Waals surface area contributed by atoms with E-state index in [2.05, 4.69) is 13.5 Å². The van der Waals surface area contributed by atoms with Gasteiger partial charge in [-0.2, -0.15) is 0 Å². The van der Waals surface area contributed by atoms with Gasteiger partial charge in [0.1, 0.15) is 22.6 Å². The van der Waals surface area contributed by atoms with E-state index in [0.29, 0.717) is 45.9 Å². The topological polar surface area (TPSA) is 135 Å². The number of carbonyl (C=O) groups is 1. The number of halogens is 3. The zero-order valence-corrected chi connectivity index (χ0v) is 29.1. The van der Waals surface area contributed by atoms with E-state index in [0.717, 1.165) is 43.8 Å². The first-order chi connectivity index (χ1) is 23.3. The van der Waals surface area contributed by atoms with Gasteiger partial charge in [-0.05, 0) is 0 Å². The Kier molecular flexibility index (Phi) is 7.03. The predicted molar refractivity (Wildman–Crippen MR) is 177 cm³/mol. The summed E-state index contributed by atoms with van der Waals surface area (Å²) in [6, 6.07) is 32.2. The molecule has 0 saturated heterocycles.